The second kappa shape index (κ2) is 7.50. The molecule has 4 heteroatoms. The summed E-state index contributed by atoms with van der Waals surface area (Å²) in [6.07, 6.45) is 2.34. The molecule has 0 aliphatic rings. The highest BCUT2D eigenvalue weighted by Gasteiger charge is 2.03. The molecule has 1 heterocycles. The molecule has 2 N–H and O–H groups in total. The molecule has 0 saturated carbocycles. The Bertz CT molecular complexity index is 271. The van der Waals surface area contributed by atoms with Gasteiger partial charge >= 0.3 is 0 Å². The molecular formula is C10H18N2OS. The van der Waals surface area contributed by atoms with Crippen LogP contribution in [0.2, 0.25) is 0 Å². The molecule has 1 aromatic heterocycles. The van der Waals surface area contributed by atoms with E-state index in [1.54, 1.807) is 11.3 Å². The quantitative estimate of drug-likeness (QED) is 0.835. The summed E-state index contributed by atoms with van der Waals surface area (Å²) in [5, 5.41) is 2.99. The highest BCUT2D eigenvalue weighted by atomic mass is 32.1. The van der Waals surface area contributed by atoms with Crippen LogP contribution in [0.25, 0.3) is 0 Å². The Balaban J connectivity index is 0.000000791. The van der Waals surface area contributed by atoms with Crippen molar-refractivity contribution in [2.75, 3.05) is 0 Å². The Morgan fingerprint density at radius 3 is 2.71 bits per heavy atom. The first-order chi connectivity index (χ1) is 6.72. The van der Waals surface area contributed by atoms with Crippen LogP contribution in [0.3, 0.4) is 0 Å². The van der Waals surface area contributed by atoms with Crippen molar-refractivity contribution in [1.29, 1.82) is 0 Å². The van der Waals surface area contributed by atoms with Gasteiger partial charge in [0, 0.05) is 5.38 Å². The number of aromatic nitrogens is 1. The number of hydrogen-bond donors (Lipinski definition) is 1. The smallest absolute Gasteiger partial charge is 0.223 e. The van der Waals surface area contributed by atoms with E-state index in [2.05, 4.69) is 11.9 Å². The summed E-state index contributed by atoms with van der Waals surface area (Å²) in [7, 11) is 0. The van der Waals surface area contributed by atoms with Gasteiger partial charge in [-0.05, 0) is 12.8 Å². The minimum atomic E-state index is -0.316. The van der Waals surface area contributed by atoms with Crippen molar-refractivity contribution < 1.29 is 4.79 Å². The maximum atomic E-state index is 10.5. The second-order valence-electron chi connectivity index (χ2n) is 2.63. The largest absolute Gasteiger partial charge is 0.369 e. The number of aryl methyl sites for hydroxylation is 1. The minimum Gasteiger partial charge on any atom is -0.369 e. The average molecular weight is 214 g/mol. The fourth-order valence-electron chi connectivity index (χ4n) is 0.937. The standard InChI is InChI=1S/C8H12N2OS.C2H6/c1-2-3-8-10-6(5-12-8)4-7(9)11;1-2/h5H,2-4H2,1H3,(H2,9,11);1-2H3. The molecule has 80 valence electrons. The van der Waals surface area contributed by atoms with Crippen LogP contribution in [0.1, 0.15) is 37.9 Å². The van der Waals surface area contributed by atoms with Gasteiger partial charge in [-0.1, -0.05) is 20.8 Å². The highest BCUT2D eigenvalue weighted by molar-refractivity contribution is 7.09. The Kier molecular flexibility index (Phi) is 7.02. The lowest BCUT2D eigenvalue weighted by molar-refractivity contribution is -0.117. The van der Waals surface area contributed by atoms with E-state index in [4.69, 9.17) is 5.73 Å². The molecule has 0 aliphatic carbocycles. The molecule has 0 bridgehead atoms. The molecule has 0 saturated heterocycles. The van der Waals surface area contributed by atoms with Gasteiger partial charge in [-0.3, -0.25) is 4.79 Å². The number of hydrogen-bond acceptors (Lipinski definition) is 3. The molecular weight excluding hydrogens is 196 g/mol. The number of nitrogens with zero attached hydrogens (tertiary/aromatic N) is 1. The third kappa shape index (κ3) is 4.97. The number of rotatable bonds is 4. The van der Waals surface area contributed by atoms with Gasteiger partial charge in [0.15, 0.2) is 0 Å². The lowest BCUT2D eigenvalue weighted by Crippen LogP contribution is -2.13. The third-order valence-electron chi connectivity index (χ3n) is 1.42. The van der Waals surface area contributed by atoms with Gasteiger partial charge in [0.05, 0.1) is 17.1 Å². The van der Waals surface area contributed by atoms with Crippen LogP contribution < -0.4 is 5.73 Å². The van der Waals surface area contributed by atoms with Gasteiger partial charge < -0.3 is 5.73 Å². The van der Waals surface area contributed by atoms with Gasteiger partial charge in [-0.2, -0.15) is 0 Å². The fraction of sp³-hybridized carbons (Fsp3) is 0.600. The summed E-state index contributed by atoms with van der Waals surface area (Å²) in [6.45, 7) is 6.11. The number of nitrogens with two attached hydrogens (primary N) is 1. The first kappa shape index (κ1) is 13.1. The van der Waals surface area contributed by atoms with E-state index in [9.17, 15) is 4.79 Å². The molecule has 0 fully saturated rings. The van der Waals surface area contributed by atoms with Crippen molar-refractivity contribution in [1.82, 2.24) is 4.98 Å². The minimum absolute atomic E-state index is 0.264. The zero-order valence-electron chi connectivity index (χ0n) is 9.04. The number of primary amides is 1. The Labute approximate surface area is 89.4 Å². The molecule has 0 radical (unpaired) electrons. The summed E-state index contributed by atoms with van der Waals surface area (Å²) in [5.74, 6) is -0.316. The highest BCUT2D eigenvalue weighted by Crippen LogP contribution is 2.11. The zero-order valence-corrected chi connectivity index (χ0v) is 9.86. The molecule has 14 heavy (non-hydrogen) atoms. The number of amides is 1. The fourth-order valence-corrected chi connectivity index (χ4v) is 1.84. The maximum Gasteiger partial charge on any atom is 0.223 e. The monoisotopic (exact) mass is 214 g/mol. The van der Waals surface area contributed by atoms with E-state index < -0.39 is 0 Å². The molecule has 3 nitrogen and oxygen atoms in total. The molecule has 0 aromatic carbocycles. The Hall–Kier alpha value is -0.900. The topological polar surface area (TPSA) is 56.0 Å². The maximum absolute atomic E-state index is 10.5. The van der Waals surface area contributed by atoms with Crippen LogP contribution >= 0.6 is 11.3 Å². The molecule has 1 amide bonds. The van der Waals surface area contributed by atoms with Crippen molar-refractivity contribution >= 4 is 17.2 Å². The summed E-state index contributed by atoms with van der Waals surface area (Å²) in [6, 6.07) is 0. The van der Waals surface area contributed by atoms with Gasteiger partial charge in [-0.25, -0.2) is 4.98 Å². The molecule has 1 rings (SSSR count). The van der Waals surface area contributed by atoms with E-state index in [0.717, 1.165) is 23.5 Å². The summed E-state index contributed by atoms with van der Waals surface area (Å²) < 4.78 is 0. The van der Waals surface area contributed by atoms with Crippen molar-refractivity contribution in [2.45, 2.75) is 40.0 Å². The zero-order chi connectivity index (χ0) is 11.0. The van der Waals surface area contributed by atoms with Crippen molar-refractivity contribution in [2.24, 2.45) is 5.73 Å². The molecule has 0 spiro atoms. The molecule has 0 unspecified atom stereocenters. The summed E-state index contributed by atoms with van der Waals surface area (Å²) in [4.78, 5) is 14.8. The predicted molar refractivity (Wildman–Crippen MR) is 60.4 cm³/mol. The first-order valence-corrected chi connectivity index (χ1v) is 5.82. The molecule has 1 aromatic rings. The van der Waals surface area contributed by atoms with Crippen LogP contribution in [-0.2, 0) is 17.6 Å². The van der Waals surface area contributed by atoms with Crippen LogP contribution in [0.15, 0.2) is 5.38 Å². The van der Waals surface area contributed by atoms with E-state index in [1.807, 2.05) is 19.2 Å². The molecule has 0 aliphatic heterocycles. The van der Waals surface area contributed by atoms with E-state index in [1.165, 1.54) is 0 Å². The van der Waals surface area contributed by atoms with Crippen LogP contribution in [0, 0.1) is 0 Å². The number of carbonyl (C=O) groups excluding carboxylic acids is 1. The van der Waals surface area contributed by atoms with Crippen LogP contribution in [-0.4, -0.2) is 10.9 Å². The number of carbonyl (C=O) groups is 1. The molecule has 0 atom stereocenters. The SMILES string of the molecule is CC.CCCc1nc(CC(N)=O)cs1. The Morgan fingerprint density at radius 2 is 2.21 bits per heavy atom. The van der Waals surface area contributed by atoms with Crippen LogP contribution in [0.5, 0.6) is 0 Å². The average Bonchev–Trinajstić information content (AvgIpc) is 2.56. The third-order valence-corrected chi connectivity index (χ3v) is 2.38. The lowest BCUT2D eigenvalue weighted by Gasteiger charge is -1.89. The summed E-state index contributed by atoms with van der Waals surface area (Å²) in [5.41, 5.74) is 5.84. The summed E-state index contributed by atoms with van der Waals surface area (Å²) >= 11 is 1.60. The predicted octanol–water partition coefficient (Wildman–Crippen LogP) is 2.15. The van der Waals surface area contributed by atoms with Crippen LogP contribution in [0.4, 0.5) is 0 Å². The van der Waals surface area contributed by atoms with Crippen molar-refractivity contribution in [3.63, 3.8) is 0 Å². The van der Waals surface area contributed by atoms with E-state index in [-0.39, 0.29) is 12.3 Å². The van der Waals surface area contributed by atoms with Gasteiger partial charge in [0.1, 0.15) is 0 Å². The van der Waals surface area contributed by atoms with Crippen molar-refractivity contribution in [3.8, 4) is 0 Å². The van der Waals surface area contributed by atoms with Gasteiger partial charge in [-0.15, -0.1) is 11.3 Å². The number of thiazole rings is 1. The van der Waals surface area contributed by atoms with E-state index in [0.29, 0.717) is 0 Å². The Morgan fingerprint density at radius 1 is 1.57 bits per heavy atom. The second-order valence-corrected chi connectivity index (χ2v) is 3.57. The van der Waals surface area contributed by atoms with Gasteiger partial charge in [0.25, 0.3) is 0 Å². The van der Waals surface area contributed by atoms with Crippen molar-refractivity contribution in [3.05, 3.63) is 16.1 Å². The van der Waals surface area contributed by atoms with E-state index >= 15 is 0 Å². The first-order valence-electron chi connectivity index (χ1n) is 4.94. The lowest BCUT2D eigenvalue weighted by atomic mass is 10.3. The van der Waals surface area contributed by atoms with Gasteiger partial charge in [0.2, 0.25) is 5.91 Å². The normalized spacial score (nSPS) is 9.07.